The van der Waals surface area contributed by atoms with E-state index in [9.17, 15) is 19.5 Å². The number of nitrogens with one attached hydrogen (secondary N) is 1. The van der Waals surface area contributed by atoms with Gasteiger partial charge in [-0.3, -0.25) is 9.59 Å². The van der Waals surface area contributed by atoms with Gasteiger partial charge in [-0.1, -0.05) is 0 Å². The molecule has 18 heavy (non-hydrogen) atoms. The van der Waals surface area contributed by atoms with Crippen LogP contribution in [0.25, 0.3) is 0 Å². The summed E-state index contributed by atoms with van der Waals surface area (Å²) in [6.45, 7) is 1.24. The molecule has 0 aromatic rings. The highest BCUT2D eigenvalue weighted by Gasteiger charge is 2.21. The lowest BCUT2D eigenvalue weighted by Gasteiger charge is -2.03. The van der Waals surface area contributed by atoms with Crippen LogP contribution in [-0.2, 0) is 19.2 Å². The molecule has 1 atom stereocenters. The first-order valence-corrected chi connectivity index (χ1v) is 6.60. The Bertz CT molecular complexity index is 380. The second kappa shape index (κ2) is 7.17. The van der Waals surface area contributed by atoms with Crippen LogP contribution >= 0.6 is 11.8 Å². The molecule has 7 heteroatoms. The van der Waals surface area contributed by atoms with E-state index in [4.69, 9.17) is 0 Å². The Morgan fingerprint density at radius 3 is 2.89 bits per heavy atom. The number of hydrogen-bond donors (Lipinski definition) is 2. The highest BCUT2D eigenvalue weighted by molar-refractivity contribution is 7.99. The molecule has 1 rings (SSSR count). The van der Waals surface area contributed by atoms with E-state index < -0.39 is 18.0 Å². The second-order valence-corrected chi connectivity index (χ2v) is 4.93. The van der Waals surface area contributed by atoms with Crippen molar-refractivity contribution in [2.24, 2.45) is 0 Å². The normalized spacial score (nSPS) is 18.4. The molecule has 0 saturated carbocycles. The zero-order valence-corrected chi connectivity index (χ0v) is 10.8. The van der Waals surface area contributed by atoms with Crippen molar-refractivity contribution in [2.75, 3.05) is 11.5 Å². The van der Waals surface area contributed by atoms with Crippen molar-refractivity contribution >= 4 is 29.4 Å². The Morgan fingerprint density at radius 2 is 2.33 bits per heavy atom. The lowest BCUT2D eigenvalue weighted by molar-refractivity contribution is -0.157. The minimum Gasteiger partial charge on any atom is -0.389 e. The molecule has 1 amide bonds. The van der Waals surface area contributed by atoms with Gasteiger partial charge < -0.3 is 9.94 Å². The summed E-state index contributed by atoms with van der Waals surface area (Å²) in [6, 6.07) is 0. The number of hydrogen-bond acceptors (Lipinski definition) is 6. The monoisotopic (exact) mass is 273 g/mol. The van der Waals surface area contributed by atoms with Gasteiger partial charge >= 0.3 is 5.97 Å². The molecule has 0 fully saturated rings. The van der Waals surface area contributed by atoms with Crippen LogP contribution in [-0.4, -0.2) is 40.4 Å². The summed E-state index contributed by atoms with van der Waals surface area (Å²) in [5.74, 6) is -0.0467. The number of carbonyl (C=O) groups is 3. The Balaban J connectivity index is 2.12. The molecule has 0 saturated heterocycles. The van der Waals surface area contributed by atoms with Crippen LogP contribution in [0.3, 0.4) is 0 Å². The van der Waals surface area contributed by atoms with Crippen LogP contribution in [0.4, 0.5) is 0 Å². The first-order chi connectivity index (χ1) is 8.49. The fourth-order valence-corrected chi connectivity index (χ4v) is 2.28. The van der Waals surface area contributed by atoms with Crippen molar-refractivity contribution in [3.8, 4) is 0 Å². The summed E-state index contributed by atoms with van der Waals surface area (Å²) >= 11 is 1.41. The molecule has 0 aliphatic heterocycles. The van der Waals surface area contributed by atoms with Gasteiger partial charge in [-0.25, -0.2) is 4.79 Å². The number of Topliss-reactive ketones (excluding diaryl/α,β-unsaturated/α-hetero) is 1. The van der Waals surface area contributed by atoms with Gasteiger partial charge in [0.05, 0.1) is 12.5 Å². The molecule has 0 heterocycles. The molecule has 6 nitrogen and oxygen atoms in total. The van der Waals surface area contributed by atoms with Crippen molar-refractivity contribution in [2.45, 2.75) is 25.9 Å². The van der Waals surface area contributed by atoms with Crippen molar-refractivity contribution < 1.29 is 24.3 Å². The largest absolute Gasteiger partial charge is 0.389 e. The number of hydroxylamine groups is 1. The smallest absolute Gasteiger partial charge is 0.333 e. The van der Waals surface area contributed by atoms with Crippen LogP contribution in [0.1, 0.15) is 19.8 Å². The average Bonchev–Trinajstić information content (AvgIpc) is 2.60. The molecule has 1 aliphatic carbocycles. The predicted molar refractivity (Wildman–Crippen MR) is 65.6 cm³/mol. The predicted octanol–water partition coefficient (Wildman–Crippen LogP) is -0.0359. The van der Waals surface area contributed by atoms with Crippen LogP contribution in [0, 0.1) is 0 Å². The third-order valence-electron chi connectivity index (χ3n) is 2.16. The highest BCUT2D eigenvalue weighted by Crippen LogP contribution is 2.19. The number of ketones is 1. The van der Waals surface area contributed by atoms with E-state index in [1.54, 1.807) is 6.08 Å². The van der Waals surface area contributed by atoms with Gasteiger partial charge in [0.25, 0.3) is 0 Å². The van der Waals surface area contributed by atoms with E-state index >= 15 is 0 Å². The van der Waals surface area contributed by atoms with E-state index in [0.717, 1.165) is 0 Å². The van der Waals surface area contributed by atoms with E-state index in [-0.39, 0.29) is 18.6 Å². The second-order valence-electron chi connectivity index (χ2n) is 3.82. The van der Waals surface area contributed by atoms with E-state index in [2.05, 4.69) is 4.84 Å². The summed E-state index contributed by atoms with van der Waals surface area (Å²) in [4.78, 5) is 37.3. The van der Waals surface area contributed by atoms with Gasteiger partial charge in [0.2, 0.25) is 5.91 Å². The van der Waals surface area contributed by atoms with Crippen LogP contribution in [0.15, 0.2) is 11.6 Å². The van der Waals surface area contributed by atoms with Crippen LogP contribution in [0.2, 0.25) is 0 Å². The molecule has 2 N–H and O–H groups in total. The SMILES string of the molecule is CC(=O)NOC(=O)CCSCC1=C[C@H](O)CC1=O. The number of aliphatic hydroxyl groups excluding tert-OH is 1. The molecule has 0 bridgehead atoms. The third kappa shape index (κ3) is 5.33. The number of thioether (sulfide) groups is 1. The average molecular weight is 273 g/mol. The van der Waals surface area contributed by atoms with Crippen molar-refractivity contribution in [1.29, 1.82) is 0 Å². The summed E-state index contributed by atoms with van der Waals surface area (Å²) in [5, 5.41) is 9.22. The van der Waals surface area contributed by atoms with Crippen molar-refractivity contribution in [3.63, 3.8) is 0 Å². The maximum atomic E-state index is 11.3. The van der Waals surface area contributed by atoms with Crippen molar-refractivity contribution in [1.82, 2.24) is 5.48 Å². The van der Waals surface area contributed by atoms with E-state index in [0.29, 0.717) is 17.1 Å². The summed E-state index contributed by atoms with van der Waals surface area (Å²) in [7, 11) is 0. The number of rotatable bonds is 5. The van der Waals surface area contributed by atoms with Crippen molar-refractivity contribution in [3.05, 3.63) is 11.6 Å². The molecule has 1 aliphatic rings. The summed E-state index contributed by atoms with van der Waals surface area (Å²) in [5.41, 5.74) is 2.54. The Labute approximate surface area is 109 Å². The number of amides is 1. The minimum atomic E-state index is -0.669. The lowest BCUT2D eigenvalue weighted by atomic mass is 10.2. The molecule has 0 unspecified atom stereocenters. The van der Waals surface area contributed by atoms with Gasteiger partial charge in [0.1, 0.15) is 0 Å². The fraction of sp³-hybridized carbons (Fsp3) is 0.545. The Morgan fingerprint density at radius 1 is 1.61 bits per heavy atom. The zero-order valence-electron chi connectivity index (χ0n) is 9.97. The highest BCUT2D eigenvalue weighted by atomic mass is 32.2. The summed E-state index contributed by atoms with van der Waals surface area (Å²) < 4.78 is 0. The summed E-state index contributed by atoms with van der Waals surface area (Å²) in [6.07, 6.45) is 1.18. The molecule has 100 valence electrons. The Kier molecular flexibility index (Phi) is 5.87. The Hall–Kier alpha value is -1.34. The quantitative estimate of drug-likeness (QED) is 0.539. The molecular weight excluding hydrogens is 258 g/mol. The van der Waals surface area contributed by atoms with Gasteiger partial charge in [0.15, 0.2) is 5.78 Å². The zero-order chi connectivity index (χ0) is 13.5. The lowest BCUT2D eigenvalue weighted by Crippen LogP contribution is -2.24. The van der Waals surface area contributed by atoms with Gasteiger partial charge in [0, 0.05) is 30.4 Å². The topological polar surface area (TPSA) is 92.7 Å². The molecule has 0 aromatic carbocycles. The third-order valence-corrected chi connectivity index (χ3v) is 3.17. The van der Waals surface area contributed by atoms with Crippen LogP contribution < -0.4 is 5.48 Å². The van der Waals surface area contributed by atoms with Crippen LogP contribution in [0.5, 0.6) is 0 Å². The van der Waals surface area contributed by atoms with E-state index in [1.165, 1.54) is 18.7 Å². The fourth-order valence-electron chi connectivity index (χ4n) is 1.35. The number of aliphatic hydroxyl groups is 1. The number of carbonyl (C=O) groups excluding carboxylic acids is 3. The first-order valence-electron chi connectivity index (χ1n) is 5.45. The van der Waals surface area contributed by atoms with Gasteiger partial charge in [-0.2, -0.15) is 17.2 Å². The molecular formula is C11H15NO5S. The maximum absolute atomic E-state index is 11.3. The molecule has 0 spiro atoms. The minimum absolute atomic E-state index is 0.0455. The first kappa shape index (κ1) is 14.7. The van der Waals surface area contributed by atoms with Gasteiger partial charge in [-0.15, -0.1) is 0 Å². The van der Waals surface area contributed by atoms with E-state index in [1.807, 2.05) is 5.48 Å². The molecule has 0 radical (unpaired) electrons. The van der Waals surface area contributed by atoms with Gasteiger partial charge in [-0.05, 0) is 6.08 Å². The standard InChI is InChI=1S/C11H15NO5S/c1-7(13)12-17-11(16)2-3-18-6-8-4-9(14)5-10(8)15/h4,9,14H,2-3,5-6H2,1H3,(H,12,13)/t9-/m0/s1. The maximum Gasteiger partial charge on any atom is 0.333 e. The molecule has 0 aromatic heterocycles.